The smallest absolute Gasteiger partial charge is 0.407 e. The van der Waals surface area contributed by atoms with Crippen molar-refractivity contribution >= 4 is 6.09 Å². The molecule has 2 aromatic rings. The Hall–Kier alpha value is -2.33. The SMILES string of the molecule is CC(C)(C)OC(=O)N[C@@H](CN)C(c1ccccc1)c1ccccc1. The van der Waals surface area contributed by atoms with Crippen LogP contribution in [-0.2, 0) is 4.74 Å². The van der Waals surface area contributed by atoms with Crippen molar-refractivity contribution < 1.29 is 9.53 Å². The van der Waals surface area contributed by atoms with E-state index in [9.17, 15) is 4.79 Å². The maximum atomic E-state index is 12.2. The highest BCUT2D eigenvalue weighted by atomic mass is 16.6. The van der Waals surface area contributed by atoms with Crippen LogP contribution in [0.25, 0.3) is 0 Å². The van der Waals surface area contributed by atoms with Crippen LogP contribution in [0.2, 0.25) is 0 Å². The number of hydrogen-bond donors (Lipinski definition) is 2. The second-order valence-electron chi connectivity index (χ2n) is 6.79. The Balaban J connectivity index is 2.29. The van der Waals surface area contributed by atoms with Crippen LogP contribution in [0.15, 0.2) is 60.7 Å². The molecule has 3 N–H and O–H groups in total. The van der Waals surface area contributed by atoms with Gasteiger partial charge in [-0.15, -0.1) is 0 Å². The molecule has 24 heavy (non-hydrogen) atoms. The van der Waals surface area contributed by atoms with Crippen LogP contribution in [0.4, 0.5) is 4.79 Å². The van der Waals surface area contributed by atoms with Crippen molar-refractivity contribution in [1.82, 2.24) is 5.32 Å². The number of hydrogen-bond acceptors (Lipinski definition) is 3. The van der Waals surface area contributed by atoms with Crippen LogP contribution >= 0.6 is 0 Å². The average Bonchev–Trinajstić information content (AvgIpc) is 2.54. The fourth-order valence-corrected chi connectivity index (χ4v) is 2.72. The molecule has 0 aliphatic rings. The van der Waals surface area contributed by atoms with Gasteiger partial charge in [0.1, 0.15) is 5.60 Å². The highest BCUT2D eigenvalue weighted by molar-refractivity contribution is 5.68. The summed E-state index contributed by atoms with van der Waals surface area (Å²) in [6.45, 7) is 5.84. The highest BCUT2D eigenvalue weighted by Crippen LogP contribution is 2.28. The van der Waals surface area contributed by atoms with E-state index in [1.807, 2.05) is 57.2 Å². The van der Waals surface area contributed by atoms with Gasteiger partial charge in [0.15, 0.2) is 0 Å². The summed E-state index contributed by atoms with van der Waals surface area (Å²) >= 11 is 0. The molecule has 0 heterocycles. The molecule has 0 saturated carbocycles. The van der Waals surface area contributed by atoms with Crippen LogP contribution in [0.3, 0.4) is 0 Å². The molecule has 0 aliphatic heterocycles. The Bertz CT molecular complexity index is 596. The number of carbonyl (C=O) groups is 1. The van der Waals surface area contributed by atoms with E-state index in [4.69, 9.17) is 10.5 Å². The molecule has 0 fully saturated rings. The number of nitrogens with two attached hydrogens (primary N) is 1. The van der Waals surface area contributed by atoms with Crippen molar-refractivity contribution in [2.24, 2.45) is 5.73 Å². The summed E-state index contributed by atoms with van der Waals surface area (Å²) in [4.78, 5) is 12.2. The number of ether oxygens (including phenoxy) is 1. The van der Waals surface area contributed by atoms with Crippen LogP contribution in [0, 0.1) is 0 Å². The first kappa shape index (κ1) is 18.0. The van der Waals surface area contributed by atoms with Crippen molar-refractivity contribution in [2.45, 2.75) is 38.3 Å². The predicted molar refractivity (Wildman–Crippen MR) is 96.9 cm³/mol. The van der Waals surface area contributed by atoms with Gasteiger partial charge in [0.2, 0.25) is 0 Å². The van der Waals surface area contributed by atoms with Gasteiger partial charge in [-0.25, -0.2) is 4.79 Å². The van der Waals surface area contributed by atoms with Gasteiger partial charge < -0.3 is 15.8 Å². The Labute approximate surface area is 144 Å². The normalized spacial score (nSPS) is 12.7. The van der Waals surface area contributed by atoms with Crippen molar-refractivity contribution in [1.29, 1.82) is 0 Å². The molecule has 0 aromatic heterocycles. The zero-order chi connectivity index (χ0) is 17.6. The largest absolute Gasteiger partial charge is 0.444 e. The molecule has 0 unspecified atom stereocenters. The number of benzene rings is 2. The molecule has 0 aliphatic carbocycles. The van der Waals surface area contributed by atoms with Crippen molar-refractivity contribution in [3.8, 4) is 0 Å². The summed E-state index contributed by atoms with van der Waals surface area (Å²) in [6.07, 6.45) is -0.449. The number of nitrogens with one attached hydrogen (secondary N) is 1. The van der Waals surface area contributed by atoms with Crippen molar-refractivity contribution in [2.75, 3.05) is 6.54 Å². The molecule has 0 radical (unpaired) electrons. The van der Waals surface area contributed by atoms with E-state index in [1.165, 1.54) is 0 Å². The van der Waals surface area contributed by atoms with Crippen molar-refractivity contribution in [3.05, 3.63) is 71.8 Å². The minimum Gasteiger partial charge on any atom is -0.444 e. The summed E-state index contributed by atoms with van der Waals surface area (Å²) in [5, 5.41) is 2.93. The summed E-state index contributed by atoms with van der Waals surface area (Å²) in [7, 11) is 0. The lowest BCUT2D eigenvalue weighted by Crippen LogP contribution is -2.46. The lowest BCUT2D eigenvalue weighted by Gasteiger charge is -2.29. The molecule has 0 bridgehead atoms. The molecule has 0 spiro atoms. The van der Waals surface area contributed by atoms with E-state index in [0.29, 0.717) is 6.54 Å². The Morgan fingerprint density at radius 2 is 1.46 bits per heavy atom. The Morgan fingerprint density at radius 3 is 1.83 bits per heavy atom. The first-order valence-corrected chi connectivity index (χ1v) is 8.20. The second-order valence-corrected chi connectivity index (χ2v) is 6.79. The number of rotatable bonds is 5. The Morgan fingerprint density at radius 1 is 1.00 bits per heavy atom. The maximum Gasteiger partial charge on any atom is 0.407 e. The predicted octanol–water partition coefficient (Wildman–Crippen LogP) is 3.67. The quantitative estimate of drug-likeness (QED) is 0.881. The summed E-state index contributed by atoms with van der Waals surface area (Å²) in [6, 6.07) is 19.9. The molecule has 4 heteroatoms. The van der Waals surface area contributed by atoms with E-state index in [2.05, 4.69) is 29.6 Å². The highest BCUT2D eigenvalue weighted by Gasteiger charge is 2.27. The minimum absolute atomic E-state index is 0.0371. The van der Waals surface area contributed by atoms with E-state index in [1.54, 1.807) is 0 Å². The third-order valence-electron chi connectivity index (χ3n) is 3.68. The maximum absolute atomic E-state index is 12.2. The molecule has 4 nitrogen and oxygen atoms in total. The summed E-state index contributed by atoms with van der Waals surface area (Å²) in [5.74, 6) is -0.0371. The second kappa shape index (κ2) is 7.97. The van der Waals surface area contributed by atoms with Gasteiger partial charge in [0.25, 0.3) is 0 Å². The van der Waals surface area contributed by atoms with Crippen LogP contribution < -0.4 is 11.1 Å². The van der Waals surface area contributed by atoms with E-state index in [-0.39, 0.29) is 12.0 Å². The molecule has 1 amide bonds. The van der Waals surface area contributed by atoms with E-state index >= 15 is 0 Å². The van der Waals surface area contributed by atoms with Gasteiger partial charge in [-0.1, -0.05) is 60.7 Å². The molecule has 2 rings (SSSR count). The van der Waals surface area contributed by atoms with Crippen molar-refractivity contribution in [3.63, 3.8) is 0 Å². The zero-order valence-electron chi connectivity index (χ0n) is 14.5. The number of alkyl carbamates (subject to hydrolysis) is 1. The fraction of sp³-hybridized carbons (Fsp3) is 0.350. The molecule has 2 aromatic carbocycles. The minimum atomic E-state index is -0.543. The molecule has 128 valence electrons. The molecule has 0 saturated heterocycles. The van der Waals surface area contributed by atoms with Crippen LogP contribution in [0.5, 0.6) is 0 Å². The molecule has 1 atom stereocenters. The van der Waals surface area contributed by atoms with Gasteiger partial charge >= 0.3 is 6.09 Å². The van der Waals surface area contributed by atoms with E-state index in [0.717, 1.165) is 11.1 Å². The zero-order valence-corrected chi connectivity index (χ0v) is 14.5. The standard InChI is InChI=1S/C20H26N2O2/c1-20(2,3)24-19(23)22-17(14-21)18(15-10-6-4-7-11-15)16-12-8-5-9-13-16/h4-13,17-18H,14,21H2,1-3H3,(H,22,23)/t17-/m0/s1. The first-order valence-electron chi connectivity index (χ1n) is 8.20. The lowest BCUT2D eigenvalue weighted by molar-refractivity contribution is 0.0501. The molecular weight excluding hydrogens is 300 g/mol. The monoisotopic (exact) mass is 326 g/mol. The van der Waals surface area contributed by atoms with Gasteiger partial charge in [0.05, 0.1) is 6.04 Å². The molecular formula is C20H26N2O2. The average molecular weight is 326 g/mol. The van der Waals surface area contributed by atoms with Gasteiger partial charge in [-0.2, -0.15) is 0 Å². The lowest BCUT2D eigenvalue weighted by atomic mass is 9.85. The van der Waals surface area contributed by atoms with Crippen LogP contribution in [-0.4, -0.2) is 24.3 Å². The fourth-order valence-electron chi connectivity index (χ4n) is 2.72. The number of carbonyl (C=O) groups excluding carboxylic acids is 1. The van der Waals surface area contributed by atoms with Gasteiger partial charge in [0, 0.05) is 12.5 Å². The van der Waals surface area contributed by atoms with Gasteiger partial charge in [-0.3, -0.25) is 0 Å². The third kappa shape index (κ3) is 5.10. The van der Waals surface area contributed by atoms with Gasteiger partial charge in [-0.05, 0) is 31.9 Å². The van der Waals surface area contributed by atoms with E-state index < -0.39 is 11.7 Å². The topological polar surface area (TPSA) is 64.3 Å². The first-order chi connectivity index (χ1) is 11.4. The summed E-state index contributed by atoms with van der Waals surface area (Å²) in [5.41, 5.74) is 7.66. The van der Waals surface area contributed by atoms with Crippen LogP contribution in [0.1, 0.15) is 37.8 Å². The number of amides is 1. The Kier molecular flexibility index (Phi) is 5.99. The summed E-state index contributed by atoms with van der Waals surface area (Å²) < 4.78 is 5.39. The third-order valence-corrected chi connectivity index (χ3v) is 3.68.